The highest BCUT2D eigenvalue weighted by atomic mass is 16.5. The largest absolute Gasteiger partial charge is 0.453 e. The molecular weight excluding hydrogens is 256 g/mol. The highest BCUT2D eigenvalue weighted by molar-refractivity contribution is 5.99. The lowest BCUT2D eigenvalue weighted by molar-refractivity contribution is 0.318. The number of hydrogen-bond acceptors (Lipinski definition) is 4. The molecule has 6 heteroatoms. The number of hydrogen-bond donors (Lipinski definition) is 2. The Kier molecular flexibility index (Phi) is 4.24. The lowest BCUT2D eigenvalue weighted by Crippen LogP contribution is -2.14. The van der Waals surface area contributed by atoms with Crippen molar-refractivity contribution in [3.63, 3.8) is 0 Å². The molecule has 1 aromatic heterocycles. The number of ether oxygens (including phenoxy) is 1. The second-order valence-corrected chi connectivity index (χ2v) is 4.53. The third-order valence-electron chi connectivity index (χ3n) is 2.81. The zero-order valence-corrected chi connectivity index (χ0v) is 11.6. The van der Waals surface area contributed by atoms with Gasteiger partial charge in [0.05, 0.1) is 18.0 Å². The van der Waals surface area contributed by atoms with E-state index in [-0.39, 0.29) is 5.84 Å². The van der Waals surface area contributed by atoms with Crippen molar-refractivity contribution in [1.82, 2.24) is 9.78 Å². The normalized spacial score (nSPS) is 11.6. The zero-order valence-electron chi connectivity index (χ0n) is 11.6. The Hall–Kier alpha value is -2.50. The Morgan fingerprint density at radius 1 is 1.50 bits per heavy atom. The zero-order chi connectivity index (χ0) is 14.5. The van der Waals surface area contributed by atoms with Gasteiger partial charge in [0.25, 0.3) is 0 Å². The van der Waals surface area contributed by atoms with Crippen LogP contribution in [-0.4, -0.2) is 20.8 Å². The first kappa shape index (κ1) is 13.9. The Morgan fingerprint density at radius 2 is 2.30 bits per heavy atom. The van der Waals surface area contributed by atoms with Crippen LogP contribution in [0.25, 0.3) is 0 Å². The Bertz CT molecular complexity index is 619. The Balaban J connectivity index is 2.28. The predicted molar refractivity (Wildman–Crippen MR) is 76.3 cm³/mol. The molecule has 1 aromatic carbocycles. The van der Waals surface area contributed by atoms with E-state index in [1.807, 2.05) is 23.9 Å². The van der Waals surface area contributed by atoms with Crippen molar-refractivity contribution in [2.24, 2.45) is 10.9 Å². The van der Waals surface area contributed by atoms with E-state index in [9.17, 15) is 0 Å². The molecule has 0 saturated heterocycles. The number of aromatic nitrogens is 2. The first-order valence-corrected chi connectivity index (χ1v) is 6.43. The summed E-state index contributed by atoms with van der Waals surface area (Å²) in [7, 11) is 0. The second kappa shape index (κ2) is 6.10. The van der Waals surface area contributed by atoms with E-state index in [0.29, 0.717) is 17.1 Å². The number of aryl methyl sites for hydroxylation is 2. The van der Waals surface area contributed by atoms with Crippen LogP contribution in [0.4, 0.5) is 0 Å². The van der Waals surface area contributed by atoms with Crippen molar-refractivity contribution < 1.29 is 9.94 Å². The summed E-state index contributed by atoms with van der Waals surface area (Å²) in [5, 5.41) is 16.1. The smallest absolute Gasteiger partial charge is 0.173 e. The molecule has 0 aliphatic rings. The van der Waals surface area contributed by atoms with Crippen LogP contribution in [0.2, 0.25) is 0 Å². The molecule has 3 N–H and O–H groups in total. The average Bonchev–Trinajstić information content (AvgIpc) is 2.88. The van der Waals surface area contributed by atoms with Crippen molar-refractivity contribution in [3.8, 4) is 11.5 Å². The molecule has 0 fully saturated rings. The van der Waals surface area contributed by atoms with Gasteiger partial charge in [0, 0.05) is 6.54 Å². The van der Waals surface area contributed by atoms with Crippen LogP contribution in [0.5, 0.6) is 11.5 Å². The van der Waals surface area contributed by atoms with Gasteiger partial charge in [-0.2, -0.15) is 5.10 Å². The van der Waals surface area contributed by atoms with E-state index in [0.717, 1.165) is 18.5 Å². The Morgan fingerprint density at radius 3 is 3.00 bits per heavy atom. The van der Waals surface area contributed by atoms with Gasteiger partial charge >= 0.3 is 0 Å². The van der Waals surface area contributed by atoms with Crippen LogP contribution in [0.15, 0.2) is 35.7 Å². The monoisotopic (exact) mass is 274 g/mol. The fraction of sp³-hybridized carbons (Fsp3) is 0.286. The van der Waals surface area contributed by atoms with Crippen molar-refractivity contribution in [1.29, 1.82) is 0 Å². The predicted octanol–water partition coefficient (Wildman–Crippen LogP) is 2.49. The lowest BCUT2D eigenvalue weighted by atomic mass is 10.1. The van der Waals surface area contributed by atoms with Gasteiger partial charge in [-0.15, -0.1) is 0 Å². The topological polar surface area (TPSA) is 85.7 Å². The fourth-order valence-electron chi connectivity index (χ4n) is 1.86. The van der Waals surface area contributed by atoms with Gasteiger partial charge in [-0.25, -0.2) is 0 Å². The minimum atomic E-state index is 0.0182. The van der Waals surface area contributed by atoms with Crippen LogP contribution in [-0.2, 0) is 6.54 Å². The Labute approximate surface area is 117 Å². The van der Waals surface area contributed by atoms with Gasteiger partial charge in [0.1, 0.15) is 5.75 Å². The average molecular weight is 274 g/mol. The summed E-state index contributed by atoms with van der Waals surface area (Å²) in [4.78, 5) is 0. The third kappa shape index (κ3) is 3.09. The molecule has 0 radical (unpaired) electrons. The van der Waals surface area contributed by atoms with E-state index in [1.165, 1.54) is 0 Å². The second-order valence-electron chi connectivity index (χ2n) is 4.53. The van der Waals surface area contributed by atoms with Gasteiger partial charge in [-0.3, -0.25) is 4.68 Å². The molecule has 6 nitrogen and oxygen atoms in total. The molecule has 20 heavy (non-hydrogen) atoms. The molecule has 106 valence electrons. The fourth-order valence-corrected chi connectivity index (χ4v) is 1.86. The molecule has 0 aliphatic carbocycles. The maximum Gasteiger partial charge on any atom is 0.173 e. The van der Waals surface area contributed by atoms with E-state index in [1.54, 1.807) is 18.3 Å². The molecule has 2 rings (SSSR count). The molecule has 0 atom stereocenters. The van der Waals surface area contributed by atoms with Crippen molar-refractivity contribution >= 4 is 5.84 Å². The first-order valence-electron chi connectivity index (χ1n) is 6.43. The molecule has 2 aromatic rings. The standard InChI is InChI=1S/C14H18N4O2/c1-3-6-18-9-11(8-16-18)20-13-5-4-10(2)7-12(13)14(15)17-19/h4-5,7-9,19H,3,6H2,1-2H3,(H2,15,17). The first-order chi connectivity index (χ1) is 9.63. The highest BCUT2D eigenvalue weighted by Crippen LogP contribution is 2.26. The maximum absolute atomic E-state index is 8.83. The molecule has 0 unspecified atom stereocenters. The summed E-state index contributed by atoms with van der Waals surface area (Å²) < 4.78 is 7.57. The summed E-state index contributed by atoms with van der Waals surface area (Å²) in [5.41, 5.74) is 7.22. The van der Waals surface area contributed by atoms with Gasteiger partial charge in [-0.1, -0.05) is 23.7 Å². The van der Waals surface area contributed by atoms with Crippen LogP contribution >= 0.6 is 0 Å². The van der Waals surface area contributed by atoms with E-state index < -0.39 is 0 Å². The van der Waals surface area contributed by atoms with Gasteiger partial charge in [0.15, 0.2) is 11.6 Å². The summed E-state index contributed by atoms with van der Waals surface area (Å²) in [6.07, 6.45) is 4.46. The van der Waals surface area contributed by atoms with Crippen molar-refractivity contribution in [2.75, 3.05) is 0 Å². The molecule has 0 bridgehead atoms. The summed E-state index contributed by atoms with van der Waals surface area (Å²) in [6.45, 7) is 4.85. The summed E-state index contributed by atoms with van der Waals surface area (Å²) in [6, 6.07) is 5.50. The molecule has 1 heterocycles. The van der Waals surface area contributed by atoms with Crippen LogP contribution < -0.4 is 10.5 Å². The summed E-state index contributed by atoms with van der Waals surface area (Å²) >= 11 is 0. The third-order valence-corrected chi connectivity index (χ3v) is 2.81. The van der Waals surface area contributed by atoms with Crippen LogP contribution in [0.1, 0.15) is 24.5 Å². The van der Waals surface area contributed by atoms with Crippen LogP contribution in [0.3, 0.4) is 0 Å². The highest BCUT2D eigenvalue weighted by Gasteiger charge is 2.10. The number of oxime groups is 1. The van der Waals surface area contributed by atoms with E-state index in [4.69, 9.17) is 15.7 Å². The maximum atomic E-state index is 8.83. The van der Waals surface area contributed by atoms with E-state index in [2.05, 4.69) is 17.2 Å². The quantitative estimate of drug-likeness (QED) is 0.379. The van der Waals surface area contributed by atoms with Crippen molar-refractivity contribution in [2.45, 2.75) is 26.8 Å². The molecule has 0 aliphatic heterocycles. The number of nitrogens with zero attached hydrogens (tertiary/aromatic N) is 3. The molecule has 0 amide bonds. The van der Waals surface area contributed by atoms with Gasteiger partial charge in [-0.05, 0) is 25.5 Å². The number of rotatable bonds is 5. The molecular formula is C14H18N4O2. The summed E-state index contributed by atoms with van der Waals surface area (Å²) in [5.74, 6) is 1.17. The van der Waals surface area contributed by atoms with Gasteiger partial charge in [0.2, 0.25) is 0 Å². The van der Waals surface area contributed by atoms with E-state index >= 15 is 0 Å². The minimum Gasteiger partial charge on any atom is -0.453 e. The molecule has 0 spiro atoms. The van der Waals surface area contributed by atoms with Crippen molar-refractivity contribution in [3.05, 3.63) is 41.7 Å². The number of amidine groups is 1. The number of nitrogens with two attached hydrogens (primary N) is 1. The number of benzene rings is 1. The molecule has 0 saturated carbocycles. The SMILES string of the molecule is CCCn1cc(Oc2ccc(C)cc2/C(N)=N/O)cn1. The minimum absolute atomic E-state index is 0.0182. The lowest BCUT2D eigenvalue weighted by Gasteiger charge is -2.09. The van der Waals surface area contributed by atoms with Crippen LogP contribution in [0, 0.1) is 6.92 Å². The van der Waals surface area contributed by atoms with Gasteiger partial charge < -0.3 is 15.7 Å².